The summed E-state index contributed by atoms with van der Waals surface area (Å²) >= 11 is 14.0. The van der Waals surface area contributed by atoms with E-state index in [4.69, 9.17) is 32.7 Å². The molecule has 3 rings (SSSR count). The molecule has 9 nitrogen and oxygen atoms in total. The molecule has 0 radical (unpaired) electrons. The van der Waals surface area contributed by atoms with Crippen molar-refractivity contribution in [2.45, 2.75) is 0 Å². The Kier molecular flexibility index (Phi) is 8.87. The monoisotopic (exact) mass is 637 g/mol. The molecule has 0 aliphatic heterocycles. The standard InChI is InChI=1S/C24H14Cl2IN3O6/c1-35-20-9-13(8-19(27)22(20)36-24(32)14-5-3-2-4-6-14)7-15(12-28)23(31)29-21-17(25)10-16(30(33)34)11-18(21)26/h2-11H,1H3,(H,29,31)/b15-7+. The Bertz CT molecular complexity index is 1410. The summed E-state index contributed by atoms with van der Waals surface area (Å²) in [6.45, 7) is 0. The van der Waals surface area contributed by atoms with Crippen LogP contribution in [0.4, 0.5) is 11.4 Å². The minimum absolute atomic E-state index is 0.0783. The molecule has 0 aliphatic rings. The fourth-order valence-corrected chi connectivity index (χ4v) is 4.23. The number of halogens is 3. The number of methoxy groups -OCH3 is 1. The summed E-state index contributed by atoms with van der Waals surface area (Å²) in [5.74, 6) is -1.04. The second-order valence-electron chi connectivity index (χ2n) is 6.96. The number of nitro groups is 1. The number of carbonyl (C=O) groups is 2. The van der Waals surface area contributed by atoms with Crippen molar-refractivity contribution in [2.75, 3.05) is 12.4 Å². The number of nitriles is 1. The van der Waals surface area contributed by atoms with Gasteiger partial charge in [-0.1, -0.05) is 41.4 Å². The van der Waals surface area contributed by atoms with Crippen LogP contribution in [0.2, 0.25) is 10.0 Å². The minimum atomic E-state index is -0.844. The molecule has 1 amide bonds. The van der Waals surface area contributed by atoms with E-state index in [1.54, 1.807) is 42.5 Å². The van der Waals surface area contributed by atoms with Gasteiger partial charge in [0.1, 0.15) is 11.6 Å². The first kappa shape index (κ1) is 26.9. The first-order chi connectivity index (χ1) is 17.1. The van der Waals surface area contributed by atoms with Gasteiger partial charge in [-0.3, -0.25) is 14.9 Å². The predicted octanol–water partition coefficient (Wildman–Crippen LogP) is 6.28. The molecule has 0 unspecified atom stereocenters. The van der Waals surface area contributed by atoms with E-state index in [9.17, 15) is 25.0 Å². The van der Waals surface area contributed by atoms with Crippen molar-refractivity contribution >= 4 is 75.1 Å². The van der Waals surface area contributed by atoms with E-state index in [-0.39, 0.29) is 38.5 Å². The number of hydrogen-bond donors (Lipinski definition) is 1. The molecule has 0 atom stereocenters. The average molecular weight is 638 g/mol. The number of benzene rings is 3. The number of nitro benzene ring substituents is 1. The molecular formula is C24H14Cl2IN3O6. The van der Waals surface area contributed by atoms with Crippen molar-refractivity contribution in [1.29, 1.82) is 5.26 Å². The molecule has 0 bridgehead atoms. The lowest BCUT2D eigenvalue weighted by Crippen LogP contribution is -2.14. The van der Waals surface area contributed by atoms with Crippen molar-refractivity contribution < 1.29 is 24.0 Å². The molecule has 12 heteroatoms. The quantitative estimate of drug-likeness (QED) is 0.0613. The van der Waals surface area contributed by atoms with E-state index >= 15 is 0 Å². The third-order valence-corrected chi connectivity index (χ3v) is 6.01. The Labute approximate surface area is 228 Å². The van der Waals surface area contributed by atoms with Crippen LogP contribution in [0.15, 0.2) is 60.2 Å². The molecule has 0 aromatic heterocycles. The molecule has 182 valence electrons. The zero-order valence-corrected chi connectivity index (χ0v) is 21.9. The van der Waals surface area contributed by atoms with Gasteiger partial charge in [-0.25, -0.2) is 4.79 Å². The molecule has 1 N–H and O–H groups in total. The number of ether oxygens (including phenoxy) is 2. The van der Waals surface area contributed by atoms with Gasteiger partial charge < -0.3 is 14.8 Å². The predicted molar refractivity (Wildman–Crippen MR) is 142 cm³/mol. The maximum absolute atomic E-state index is 12.7. The van der Waals surface area contributed by atoms with Crippen LogP contribution < -0.4 is 14.8 Å². The maximum Gasteiger partial charge on any atom is 0.343 e. The molecule has 0 spiro atoms. The summed E-state index contributed by atoms with van der Waals surface area (Å²) in [5, 5.41) is 22.6. The van der Waals surface area contributed by atoms with E-state index < -0.39 is 16.8 Å². The van der Waals surface area contributed by atoms with Gasteiger partial charge in [0, 0.05) is 12.1 Å². The maximum atomic E-state index is 12.7. The summed E-state index contributed by atoms with van der Waals surface area (Å²) < 4.78 is 11.3. The molecular weight excluding hydrogens is 624 g/mol. The number of amides is 1. The van der Waals surface area contributed by atoms with Gasteiger partial charge in [-0.05, 0) is 58.5 Å². The van der Waals surface area contributed by atoms with Crippen molar-refractivity contribution in [1.82, 2.24) is 0 Å². The second-order valence-corrected chi connectivity index (χ2v) is 8.93. The number of carbonyl (C=O) groups excluding carboxylic acids is 2. The van der Waals surface area contributed by atoms with Crippen LogP contribution in [0.25, 0.3) is 6.08 Å². The van der Waals surface area contributed by atoms with Gasteiger partial charge in [-0.15, -0.1) is 0 Å². The molecule has 3 aromatic rings. The lowest BCUT2D eigenvalue weighted by molar-refractivity contribution is -0.384. The zero-order valence-electron chi connectivity index (χ0n) is 18.3. The number of hydrogen-bond acceptors (Lipinski definition) is 7. The average Bonchev–Trinajstić information content (AvgIpc) is 2.86. The fraction of sp³-hybridized carbons (Fsp3) is 0.0417. The normalized spacial score (nSPS) is 10.8. The van der Waals surface area contributed by atoms with Gasteiger partial charge in [0.25, 0.3) is 11.6 Å². The topological polar surface area (TPSA) is 132 Å². The smallest absolute Gasteiger partial charge is 0.343 e. The van der Waals surface area contributed by atoms with E-state index in [0.717, 1.165) is 12.1 Å². The lowest BCUT2D eigenvalue weighted by Gasteiger charge is -2.13. The summed E-state index contributed by atoms with van der Waals surface area (Å²) in [6, 6.07) is 15.3. The van der Waals surface area contributed by atoms with E-state index in [1.165, 1.54) is 19.3 Å². The van der Waals surface area contributed by atoms with Crippen LogP contribution in [0.3, 0.4) is 0 Å². The van der Waals surface area contributed by atoms with Gasteiger partial charge in [0.15, 0.2) is 11.5 Å². The molecule has 3 aromatic carbocycles. The summed E-state index contributed by atoms with van der Waals surface area (Å²) in [4.78, 5) is 35.5. The van der Waals surface area contributed by atoms with Crippen molar-refractivity contribution in [3.63, 3.8) is 0 Å². The van der Waals surface area contributed by atoms with Crippen LogP contribution in [-0.4, -0.2) is 23.9 Å². The minimum Gasteiger partial charge on any atom is -0.493 e. The number of non-ortho nitro benzene ring substituents is 1. The summed E-state index contributed by atoms with van der Waals surface area (Å²) in [7, 11) is 1.38. The van der Waals surface area contributed by atoms with Crippen molar-refractivity contribution in [2.24, 2.45) is 0 Å². The molecule has 0 fully saturated rings. The van der Waals surface area contributed by atoms with Gasteiger partial charge in [0.2, 0.25) is 0 Å². The number of rotatable bonds is 7. The van der Waals surface area contributed by atoms with Crippen LogP contribution in [-0.2, 0) is 4.79 Å². The molecule has 0 aliphatic carbocycles. The van der Waals surface area contributed by atoms with E-state index in [2.05, 4.69) is 5.32 Å². The molecule has 0 saturated heterocycles. The molecule has 0 saturated carbocycles. The summed E-state index contributed by atoms with van der Waals surface area (Å²) in [6.07, 6.45) is 1.29. The highest BCUT2D eigenvalue weighted by Crippen LogP contribution is 2.36. The Balaban J connectivity index is 1.89. The molecule has 36 heavy (non-hydrogen) atoms. The van der Waals surface area contributed by atoms with Crippen LogP contribution in [0.5, 0.6) is 11.5 Å². The zero-order chi connectivity index (χ0) is 26.4. The highest BCUT2D eigenvalue weighted by Gasteiger charge is 2.20. The van der Waals surface area contributed by atoms with Gasteiger partial charge >= 0.3 is 5.97 Å². The lowest BCUT2D eigenvalue weighted by atomic mass is 10.1. The number of esters is 1. The van der Waals surface area contributed by atoms with Crippen LogP contribution in [0, 0.1) is 25.0 Å². The first-order valence-electron chi connectivity index (χ1n) is 9.86. The summed E-state index contributed by atoms with van der Waals surface area (Å²) in [5.41, 5.74) is 0.0150. The Morgan fingerprint density at radius 3 is 2.33 bits per heavy atom. The van der Waals surface area contributed by atoms with Gasteiger partial charge in [0.05, 0.1) is 36.9 Å². The number of nitrogens with one attached hydrogen (secondary N) is 1. The fourth-order valence-electron chi connectivity index (χ4n) is 2.93. The van der Waals surface area contributed by atoms with Crippen molar-refractivity contribution in [3.8, 4) is 17.6 Å². The molecule has 0 heterocycles. The SMILES string of the molecule is COc1cc(/C=C(\C#N)C(=O)Nc2c(Cl)cc([N+](=O)[O-])cc2Cl)cc(I)c1OC(=O)c1ccccc1. The van der Waals surface area contributed by atoms with Crippen LogP contribution >= 0.6 is 45.8 Å². The second kappa shape index (κ2) is 11.9. The Hall–Kier alpha value is -3.66. The Morgan fingerprint density at radius 1 is 1.14 bits per heavy atom. The van der Waals surface area contributed by atoms with E-state index in [0.29, 0.717) is 14.7 Å². The first-order valence-corrected chi connectivity index (χ1v) is 11.7. The number of anilines is 1. The third-order valence-electron chi connectivity index (χ3n) is 4.61. The van der Waals surface area contributed by atoms with Crippen LogP contribution in [0.1, 0.15) is 15.9 Å². The van der Waals surface area contributed by atoms with E-state index in [1.807, 2.05) is 22.6 Å². The highest BCUT2D eigenvalue weighted by molar-refractivity contribution is 14.1. The highest BCUT2D eigenvalue weighted by atomic mass is 127. The largest absolute Gasteiger partial charge is 0.493 e. The third kappa shape index (κ3) is 6.31. The van der Waals surface area contributed by atoms with Gasteiger partial charge in [-0.2, -0.15) is 5.26 Å². The Morgan fingerprint density at radius 2 is 1.78 bits per heavy atom. The van der Waals surface area contributed by atoms with Crippen molar-refractivity contribution in [3.05, 3.63) is 95.0 Å². The number of nitrogens with zero attached hydrogens (tertiary/aromatic N) is 2.